The van der Waals surface area contributed by atoms with Crippen LogP contribution in [0.1, 0.15) is 12.8 Å². The van der Waals surface area contributed by atoms with E-state index in [0.717, 1.165) is 22.4 Å². The van der Waals surface area contributed by atoms with Crippen LogP contribution in [0.5, 0.6) is 0 Å². The molecule has 0 radical (unpaired) electrons. The summed E-state index contributed by atoms with van der Waals surface area (Å²) in [4.78, 5) is 17.0. The molecule has 2 saturated heterocycles. The first kappa shape index (κ1) is 18.0. The van der Waals surface area contributed by atoms with Crippen molar-refractivity contribution in [2.75, 3.05) is 6.54 Å². The third kappa shape index (κ3) is 3.59. The van der Waals surface area contributed by atoms with Gasteiger partial charge >= 0.3 is 16.4 Å². The first-order valence-corrected chi connectivity index (χ1v) is 10.6. The minimum atomic E-state index is -4.87. The highest BCUT2D eigenvalue weighted by Gasteiger charge is 2.48. The van der Waals surface area contributed by atoms with Crippen molar-refractivity contribution in [3.8, 4) is 0 Å². The van der Waals surface area contributed by atoms with E-state index in [1.807, 2.05) is 0 Å². The minimum absolute atomic E-state index is 0.0453. The molecule has 1 aromatic heterocycles. The summed E-state index contributed by atoms with van der Waals surface area (Å²) in [5.74, 6) is -0.422. The molecule has 3 N–H and O–H groups in total. The summed E-state index contributed by atoms with van der Waals surface area (Å²) in [5, 5.41) is 8.53. The summed E-state index contributed by atoms with van der Waals surface area (Å²) in [5.41, 5.74) is 1.33. The van der Waals surface area contributed by atoms with Gasteiger partial charge in [-0.25, -0.2) is 13.2 Å². The molecule has 0 saturated carbocycles. The van der Waals surface area contributed by atoms with Gasteiger partial charge in [0.2, 0.25) is 0 Å². The lowest BCUT2D eigenvalue weighted by Gasteiger charge is -2.30. The fourth-order valence-corrected chi connectivity index (χ4v) is 4.95. The number of nitrogens with zero attached hydrogens (tertiary/aromatic N) is 3. The van der Waals surface area contributed by atoms with Crippen molar-refractivity contribution in [2.24, 2.45) is 0 Å². The first-order valence-electron chi connectivity index (χ1n) is 6.85. The number of piperidine rings is 1. The second-order valence-electron chi connectivity index (χ2n) is 5.35. The summed E-state index contributed by atoms with van der Waals surface area (Å²) in [6, 6.07) is -2.37. The quantitative estimate of drug-likeness (QED) is 0.327. The Morgan fingerprint density at radius 1 is 1.40 bits per heavy atom. The Kier molecular flexibility index (Phi) is 4.44. The number of amides is 2. The van der Waals surface area contributed by atoms with Gasteiger partial charge < -0.3 is 4.90 Å². The average Bonchev–Trinajstić information content (AvgIpc) is 3.11. The molecule has 12 nitrogen and oxygen atoms in total. The highest BCUT2D eigenvalue weighted by molar-refractivity contribution is 7.92. The van der Waals surface area contributed by atoms with Gasteiger partial charge in [-0.15, -0.1) is 15.6 Å². The summed E-state index contributed by atoms with van der Waals surface area (Å²) in [6.07, 6.45) is 1.64. The molecule has 2 aliphatic heterocycles. The lowest BCUT2D eigenvalue weighted by atomic mass is 10.0. The predicted molar refractivity (Wildman–Crippen MR) is 83.5 cm³/mol. The number of sulfonamides is 1. The van der Waals surface area contributed by atoms with E-state index >= 15 is 0 Å². The number of hydroxylamine groups is 2. The molecule has 138 valence electrons. The minimum Gasteiger partial charge on any atom is -0.310 e. The normalized spacial score (nSPS) is 23.8. The van der Waals surface area contributed by atoms with Gasteiger partial charge in [-0.05, 0) is 12.8 Å². The smallest absolute Gasteiger partial charge is 0.310 e. The van der Waals surface area contributed by atoms with Gasteiger partial charge in [0.15, 0.2) is 4.21 Å². The molecule has 1 aromatic rings. The van der Waals surface area contributed by atoms with Crippen molar-refractivity contribution >= 4 is 43.6 Å². The lowest BCUT2D eigenvalue weighted by molar-refractivity contribution is -0.0316. The molecule has 0 aliphatic carbocycles. The summed E-state index contributed by atoms with van der Waals surface area (Å²) in [6.45, 7) is 0.0453. The fourth-order valence-electron chi connectivity index (χ4n) is 2.73. The number of rotatable bonds is 5. The molecule has 3 heterocycles. The number of fused-ring (bicyclic) bond motifs is 2. The Hall–Kier alpha value is -1.81. The SMILES string of the molecule is N=C(NS(=O)(=O)c1cncs1)[C@@H]1CC[C@@H]2CN1C(=O)N2OS(=O)(=O)O. The van der Waals surface area contributed by atoms with Crippen LogP contribution in [0.25, 0.3) is 0 Å². The van der Waals surface area contributed by atoms with Crippen LogP contribution < -0.4 is 4.72 Å². The molecule has 2 aliphatic rings. The third-order valence-electron chi connectivity index (χ3n) is 3.75. The van der Waals surface area contributed by atoms with Crippen LogP contribution >= 0.6 is 11.3 Å². The van der Waals surface area contributed by atoms with E-state index in [1.54, 1.807) is 0 Å². The van der Waals surface area contributed by atoms with Crippen LogP contribution in [-0.2, 0) is 24.7 Å². The molecule has 2 fully saturated rings. The standard InChI is InChI=1S/C10H13N5O7S3/c11-9(13-24(17,18)8-3-12-5-23-8)7-2-1-6-4-14(7)10(16)15(6)22-25(19,20)21/h3,5-7H,1-2,4H2,(H2,11,13)(H,19,20,21)/t6-,7+/m1/s1. The zero-order valence-corrected chi connectivity index (χ0v) is 14.8. The Labute approximate surface area is 146 Å². The zero-order valence-electron chi connectivity index (χ0n) is 12.4. The van der Waals surface area contributed by atoms with Crippen molar-refractivity contribution in [1.29, 1.82) is 5.41 Å². The van der Waals surface area contributed by atoms with Crippen molar-refractivity contribution in [2.45, 2.75) is 29.1 Å². The number of hydrogen-bond donors (Lipinski definition) is 3. The molecule has 2 bridgehead atoms. The fraction of sp³-hybridized carbons (Fsp3) is 0.500. The maximum atomic E-state index is 12.2. The van der Waals surface area contributed by atoms with Gasteiger partial charge in [-0.3, -0.25) is 19.7 Å². The molecule has 25 heavy (non-hydrogen) atoms. The maximum absolute atomic E-state index is 12.2. The Morgan fingerprint density at radius 3 is 2.72 bits per heavy atom. The number of amidine groups is 1. The third-order valence-corrected chi connectivity index (χ3v) is 6.73. The van der Waals surface area contributed by atoms with E-state index < -0.39 is 44.4 Å². The van der Waals surface area contributed by atoms with Crippen LogP contribution in [0, 0.1) is 5.41 Å². The van der Waals surface area contributed by atoms with Crippen molar-refractivity contribution in [3.05, 3.63) is 11.7 Å². The van der Waals surface area contributed by atoms with Crippen LogP contribution in [0.15, 0.2) is 15.9 Å². The van der Waals surface area contributed by atoms with E-state index in [0.29, 0.717) is 5.06 Å². The highest BCUT2D eigenvalue weighted by Crippen LogP contribution is 2.31. The molecular weight excluding hydrogens is 398 g/mol. The van der Waals surface area contributed by atoms with E-state index in [-0.39, 0.29) is 23.6 Å². The van der Waals surface area contributed by atoms with E-state index in [2.05, 4.69) is 14.0 Å². The number of thiazole rings is 1. The molecule has 2 amide bonds. The maximum Gasteiger partial charge on any atom is 0.418 e. The largest absolute Gasteiger partial charge is 0.418 e. The monoisotopic (exact) mass is 411 g/mol. The van der Waals surface area contributed by atoms with E-state index in [4.69, 9.17) is 9.96 Å². The van der Waals surface area contributed by atoms with Crippen LogP contribution in [0.2, 0.25) is 0 Å². The molecule has 2 atom stereocenters. The van der Waals surface area contributed by atoms with Gasteiger partial charge in [0.25, 0.3) is 10.0 Å². The molecule has 0 unspecified atom stereocenters. The van der Waals surface area contributed by atoms with Crippen molar-refractivity contribution in [3.63, 3.8) is 0 Å². The number of hydrogen-bond acceptors (Lipinski definition) is 9. The van der Waals surface area contributed by atoms with Crippen molar-refractivity contribution < 1.29 is 30.5 Å². The van der Waals surface area contributed by atoms with Crippen LogP contribution in [0.4, 0.5) is 4.79 Å². The average molecular weight is 411 g/mol. The summed E-state index contributed by atoms with van der Waals surface area (Å²) >= 11 is 0.879. The Balaban J connectivity index is 1.75. The molecule has 0 aromatic carbocycles. The molecular formula is C10H13N5O7S3. The molecule has 3 rings (SSSR count). The predicted octanol–water partition coefficient (Wildman–Crippen LogP) is -0.598. The number of urea groups is 1. The second kappa shape index (κ2) is 6.17. The second-order valence-corrected chi connectivity index (χ2v) is 9.15. The molecule has 15 heteroatoms. The van der Waals surface area contributed by atoms with E-state index in [9.17, 15) is 21.6 Å². The van der Waals surface area contributed by atoms with Gasteiger partial charge in [0.1, 0.15) is 5.84 Å². The molecule has 0 spiro atoms. The van der Waals surface area contributed by atoms with Gasteiger partial charge in [0, 0.05) is 6.54 Å². The highest BCUT2D eigenvalue weighted by atomic mass is 32.3. The zero-order chi connectivity index (χ0) is 18.4. The van der Waals surface area contributed by atoms with Crippen LogP contribution in [0.3, 0.4) is 0 Å². The number of carbonyl (C=O) groups excluding carboxylic acids is 1. The van der Waals surface area contributed by atoms with Gasteiger partial charge in [0.05, 0.1) is 23.8 Å². The Bertz CT molecular complexity index is 897. The lowest BCUT2D eigenvalue weighted by Crippen LogP contribution is -2.50. The Morgan fingerprint density at radius 2 is 2.12 bits per heavy atom. The van der Waals surface area contributed by atoms with E-state index in [1.165, 1.54) is 5.51 Å². The van der Waals surface area contributed by atoms with Gasteiger partial charge in [-0.1, -0.05) is 0 Å². The first-order chi connectivity index (χ1) is 11.6. The number of carbonyl (C=O) groups is 1. The number of nitrogens with one attached hydrogen (secondary N) is 2. The van der Waals surface area contributed by atoms with Crippen molar-refractivity contribution in [1.82, 2.24) is 19.7 Å². The number of aromatic nitrogens is 1. The topological polar surface area (TPSA) is 170 Å². The van der Waals surface area contributed by atoms with Crippen LogP contribution in [-0.4, -0.2) is 66.8 Å². The summed E-state index contributed by atoms with van der Waals surface area (Å²) in [7, 11) is -8.85. The summed E-state index contributed by atoms with van der Waals surface area (Å²) < 4.78 is 61.0. The van der Waals surface area contributed by atoms with Gasteiger partial charge in [-0.2, -0.15) is 13.5 Å².